The van der Waals surface area contributed by atoms with Gasteiger partial charge in [-0.05, 0) is 69.3 Å². The number of nitrogens with zero attached hydrogens (tertiary/aromatic N) is 1. The molecule has 6 nitrogen and oxygen atoms in total. The number of carbonyl (C=O) groups excluding carboxylic acids is 1. The molecule has 1 amide bonds. The third-order valence-corrected chi connectivity index (χ3v) is 6.40. The van der Waals surface area contributed by atoms with Crippen LogP contribution in [0.25, 0.3) is 11.1 Å². The molecule has 1 unspecified atom stereocenters. The zero-order chi connectivity index (χ0) is 21.8. The molecule has 166 valence electrons. The van der Waals surface area contributed by atoms with Crippen molar-refractivity contribution in [3.8, 4) is 11.1 Å². The second kappa shape index (κ2) is 9.98. The molecule has 3 heterocycles. The quantitative estimate of drug-likeness (QED) is 0.611. The molecule has 3 N–H and O–H groups in total. The average Bonchev–Trinajstić information content (AvgIpc) is 3.28. The van der Waals surface area contributed by atoms with Gasteiger partial charge < -0.3 is 20.7 Å². The molecule has 4 atom stereocenters. The van der Waals surface area contributed by atoms with Crippen LogP contribution in [0.1, 0.15) is 33.1 Å². The number of aromatic nitrogens is 1. The first kappa shape index (κ1) is 22.1. The topological polar surface area (TPSA) is 75.3 Å². The lowest BCUT2D eigenvalue weighted by Gasteiger charge is -2.32. The lowest BCUT2D eigenvalue weighted by Crippen LogP contribution is -2.32. The molecule has 0 spiro atoms. The number of hydrogen-bond acceptors (Lipinski definition) is 5. The van der Waals surface area contributed by atoms with Crippen molar-refractivity contribution < 1.29 is 9.53 Å². The van der Waals surface area contributed by atoms with Crippen LogP contribution in [0.5, 0.6) is 0 Å². The first-order valence-corrected chi connectivity index (χ1v) is 11.5. The van der Waals surface area contributed by atoms with Gasteiger partial charge in [-0.3, -0.25) is 4.79 Å². The summed E-state index contributed by atoms with van der Waals surface area (Å²) < 4.78 is 5.85. The second-order valence-corrected chi connectivity index (χ2v) is 9.19. The summed E-state index contributed by atoms with van der Waals surface area (Å²) in [4.78, 5) is 16.7. The summed E-state index contributed by atoms with van der Waals surface area (Å²) in [5, 5.41) is 10.3. The normalized spacial score (nSPS) is 25.9. The molecule has 0 radical (unpaired) electrons. The fraction of sp³-hybridized carbons (Fsp3) is 0.500. The van der Waals surface area contributed by atoms with E-state index in [-0.39, 0.29) is 11.8 Å². The van der Waals surface area contributed by atoms with Crippen LogP contribution < -0.4 is 16.0 Å². The van der Waals surface area contributed by atoms with Crippen molar-refractivity contribution in [3.05, 3.63) is 41.6 Å². The van der Waals surface area contributed by atoms with E-state index >= 15 is 0 Å². The van der Waals surface area contributed by atoms with Crippen molar-refractivity contribution in [1.82, 2.24) is 10.3 Å². The number of anilines is 2. The van der Waals surface area contributed by atoms with E-state index in [0.717, 1.165) is 49.2 Å². The van der Waals surface area contributed by atoms with Gasteiger partial charge in [0, 0.05) is 30.5 Å². The van der Waals surface area contributed by atoms with Gasteiger partial charge in [0.2, 0.25) is 5.91 Å². The maximum Gasteiger partial charge on any atom is 0.229 e. The fourth-order valence-corrected chi connectivity index (χ4v) is 4.82. The van der Waals surface area contributed by atoms with E-state index in [1.54, 1.807) is 6.20 Å². The number of hydrogen-bond donors (Lipinski definition) is 3. The van der Waals surface area contributed by atoms with Gasteiger partial charge in [-0.1, -0.05) is 23.7 Å². The number of amides is 1. The Hall–Kier alpha value is -2.15. The number of benzene rings is 1. The Bertz CT molecular complexity index is 906. The standard InChI is InChI=1S/C24H31ClN4O2/c1-15-8-17(9-16(2)31-15)12-27-20-5-3-4-18(10-20)21-11-23(28-14-22(21)25)29-24(30)19-6-7-26-13-19/h3-5,10-11,14-17,19,26-27H,6-9,12-13H2,1-2H3,(H,28,29,30)/t15-,16+,17?,19-/m1/s1. The number of pyridine rings is 1. The highest BCUT2D eigenvalue weighted by Gasteiger charge is 2.24. The van der Waals surface area contributed by atoms with Crippen LogP contribution >= 0.6 is 11.6 Å². The van der Waals surface area contributed by atoms with Crippen molar-refractivity contribution in [2.45, 2.75) is 45.3 Å². The average molecular weight is 443 g/mol. The Morgan fingerprint density at radius 1 is 1.26 bits per heavy atom. The summed E-state index contributed by atoms with van der Waals surface area (Å²) in [6.07, 6.45) is 5.23. The highest BCUT2D eigenvalue weighted by atomic mass is 35.5. The van der Waals surface area contributed by atoms with E-state index in [1.165, 1.54) is 0 Å². The number of halogens is 1. The van der Waals surface area contributed by atoms with Gasteiger partial charge in [0.25, 0.3) is 0 Å². The van der Waals surface area contributed by atoms with E-state index in [0.29, 0.717) is 35.5 Å². The van der Waals surface area contributed by atoms with E-state index in [4.69, 9.17) is 16.3 Å². The van der Waals surface area contributed by atoms with E-state index in [1.807, 2.05) is 18.2 Å². The predicted octanol–water partition coefficient (Wildman–Crippen LogP) is 4.57. The summed E-state index contributed by atoms with van der Waals surface area (Å²) in [5.74, 6) is 1.11. The van der Waals surface area contributed by atoms with Crippen LogP contribution in [-0.2, 0) is 9.53 Å². The number of ether oxygens (including phenoxy) is 1. The lowest BCUT2D eigenvalue weighted by atomic mass is 9.92. The molecule has 2 aliphatic rings. The monoisotopic (exact) mass is 442 g/mol. The first-order chi connectivity index (χ1) is 15.0. The molecule has 0 bridgehead atoms. The molecule has 4 rings (SSSR count). The van der Waals surface area contributed by atoms with Crippen LogP contribution in [0, 0.1) is 11.8 Å². The SMILES string of the molecule is C[C@@H]1CC(CNc2cccc(-c3cc(NC(=O)[C@@H]4CCNC4)ncc3Cl)c2)C[C@H](C)O1. The molecule has 2 saturated heterocycles. The summed E-state index contributed by atoms with van der Waals surface area (Å²) in [5.41, 5.74) is 2.90. The highest BCUT2D eigenvalue weighted by molar-refractivity contribution is 6.33. The Morgan fingerprint density at radius 2 is 2.06 bits per heavy atom. The Morgan fingerprint density at radius 3 is 2.81 bits per heavy atom. The van der Waals surface area contributed by atoms with E-state index in [9.17, 15) is 4.79 Å². The van der Waals surface area contributed by atoms with Crippen molar-refractivity contribution in [2.75, 3.05) is 30.3 Å². The maximum absolute atomic E-state index is 12.4. The zero-order valence-electron chi connectivity index (χ0n) is 18.2. The second-order valence-electron chi connectivity index (χ2n) is 8.78. The first-order valence-electron chi connectivity index (χ1n) is 11.1. The minimum atomic E-state index is -0.0101. The Balaban J connectivity index is 1.44. The van der Waals surface area contributed by atoms with Crippen molar-refractivity contribution >= 4 is 29.0 Å². The summed E-state index contributed by atoms with van der Waals surface area (Å²) in [7, 11) is 0. The van der Waals surface area contributed by atoms with Gasteiger partial charge in [0.1, 0.15) is 5.82 Å². The third kappa shape index (κ3) is 5.76. The Kier molecular flexibility index (Phi) is 7.10. The molecule has 0 aliphatic carbocycles. The van der Waals surface area contributed by atoms with Crippen molar-refractivity contribution in [3.63, 3.8) is 0 Å². The molecule has 7 heteroatoms. The van der Waals surface area contributed by atoms with Crippen LogP contribution in [-0.4, -0.2) is 42.7 Å². The van der Waals surface area contributed by atoms with Crippen LogP contribution in [0.3, 0.4) is 0 Å². The summed E-state index contributed by atoms with van der Waals surface area (Å²) in [6.45, 7) is 6.80. The van der Waals surface area contributed by atoms with E-state index in [2.05, 4.69) is 46.9 Å². The minimum absolute atomic E-state index is 0.00103. The van der Waals surface area contributed by atoms with Gasteiger partial charge in [-0.2, -0.15) is 0 Å². The summed E-state index contributed by atoms with van der Waals surface area (Å²) >= 11 is 6.46. The zero-order valence-corrected chi connectivity index (χ0v) is 18.9. The molecule has 1 aromatic heterocycles. The fourth-order valence-electron chi connectivity index (χ4n) is 4.60. The smallest absolute Gasteiger partial charge is 0.229 e. The molecule has 2 aliphatic heterocycles. The molecular formula is C24H31ClN4O2. The largest absolute Gasteiger partial charge is 0.385 e. The van der Waals surface area contributed by atoms with Crippen LogP contribution in [0.15, 0.2) is 36.5 Å². The Labute approximate surface area is 189 Å². The molecule has 0 saturated carbocycles. The van der Waals surface area contributed by atoms with Crippen LogP contribution in [0.2, 0.25) is 5.02 Å². The van der Waals surface area contributed by atoms with Gasteiger partial charge in [-0.15, -0.1) is 0 Å². The van der Waals surface area contributed by atoms with Gasteiger partial charge >= 0.3 is 0 Å². The van der Waals surface area contributed by atoms with Gasteiger partial charge in [0.05, 0.1) is 23.1 Å². The van der Waals surface area contributed by atoms with Crippen molar-refractivity contribution in [2.24, 2.45) is 11.8 Å². The minimum Gasteiger partial charge on any atom is -0.385 e. The summed E-state index contributed by atoms with van der Waals surface area (Å²) in [6, 6.07) is 10.1. The lowest BCUT2D eigenvalue weighted by molar-refractivity contribution is -0.119. The maximum atomic E-state index is 12.4. The molecule has 2 aromatic rings. The van der Waals surface area contributed by atoms with Crippen LogP contribution in [0.4, 0.5) is 11.5 Å². The van der Waals surface area contributed by atoms with Gasteiger partial charge in [-0.25, -0.2) is 4.98 Å². The van der Waals surface area contributed by atoms with Gasteiger partial charge in [0.15, 0.2) is 0 Å². The van der Waals surface area contributed by atoms with E-state index < -0.39 is 0 Å². The molecular weight excluding hydrogens is 412 g/mol. The molecule has 2 fully saturated rings. The number of rotatable bonds is 6. The molecule has 1 aromatic carbocycles. The van der Waals surface area contributed by atoms with Crippen molar-refractivity contribution in [1.29, 1.82) is 0 Å². The third-order valence-electron chi connectivity index (χ3n) is 6.10. The number of carbonyl (C=O) groups is 1. The highest BCUT2D eigenvalue weighted by Crippen LogP contribution is 2.32. The number of nitrogens with one attached hydrogen (secondary N) is 3. The predicted molar refractivity (Wildman–Crippen MR) is 126 cm³/mol. The molecule has 31 heavy (non-hydrogen) atoms.